The van der Waals surface area contributed by atoms with Crippen molar-refractivity contribution in [1.82, 2.24) is 0 Å². The lowest BCUT2D eigenvalue weighted by Gasteiger charge is -2.11. The third-order valence-corrected chi connectivity index (χ3v) is 3.00. The van der Waals surface area contributed by atoms with E-state index in [0.717, 1.165) is 0 Å². The van der Waals surface area contributed by atoms with Crippen LogP contribution in [0.15, 0.2) is 42.5 Å². The first kappa shape index (κ1) is 16.8. The molecule has 122 valence electrons. The second-order valence-electron chi connectivity index (χ2n) is 4.62. The zero-order chi connectivity index (χ0) is 17.5. The molecule has 0 heterocycles. The molecule has 2 aromatic carbocycles. The molecule has 0 bridgehead atoms. The van der Waals surface area contributed by atoms with Gasteiger partial charge in [0.2, 0.25) is 0 Å². The maximum absolute atomic E-state index is 12.0. The van der Waals surface area contributed by atoms with Crippen molar-refractivity contribution >= 4 is 17.3 Å². The van der Waals surface area contributed by atoms with E-state index >= 15 is 0 Å². The molecule has 8 heteroatoms. The van der Waals surface area contributed by atoms with E-state index in [1.54, 1.807) is 18.2 Å². The Morgan fingerprint density at radius 1 is 1.33 bits per heavy atom. The molecule has 0 aliphatic carbocycles. The van der Waals surface area contributed by atoms with Gasteiger partial charge < -0.3 is 14.8 Å². The van der Waals surface area contributed by atoms with E-state index in [-0.39, 0.29) is 18.0 Å². The third-order valence-electron chi connectivity index (χ3n) is 3.00. The van der Waals surface area contributed by atoms with Gasteiger partial charge in [0.25, 0.3) is 11.6 Å². The van der Waals surface area contributed by atoms with Gasteiger partial charge in [-0.2, -0.15) is 5.26 Å². The summed E-state index contributed by atoms with van der Waals surface area (Å²) in [4.78, 5) is 22.2. The van der Waals surface area contributed by atoms with Gasteiger partial charge in [-0.25, -0.2) is 0 Å². The molecule has 0 saturated heterocycles. The highest BCUT2D eigenvalue weighted by Gasteiger charge is 2.14. The molecule has 2 aromatic rings. The van der Waals surface area contributed by atoms with Gasteiger partial charge in [0.05, 0.1) is 29.4 Å². The van der Waals surface area contributed by atoms with Gasteiger partial charge >= 0.3 is 0 Å². The average molecular weight is 327 g/mol. The van der Waals surface area contributed by atoms with E-state index < -0.39 is 10.8 Å². The van der Waals surface area contributed by atoms with Crippen LogP contribution in [0.5, 0.6) is 11.5 Å². The summed E-state index contributed by atoms with van der Waals surface area (Å²) in [5.41, 5.74) is 0.410. The number of ether oxygens (including phenoxy) is 2. The molecule has 0 unspecified atom stereocenters. The van der Waals surface area contributed by atoms with Gasteiger partial charge in [0.1, 0.15) is 11.5 Å². The minimum atomic E-state index is -0.570. The number of nitrogens with zero attached hydrogens (tertiary/aromatic N) is 2. The molecule has 1 amide bonds. The summed E-state index contributed by atoms with van der Waals surface area (Å²) < 4.78 is 10.4. The van der Waals surface area contributed by atoms with Gasteiger partial charge in [0.15, 0.2) is 6.61 Å². The van der Waals surface area contributed by atoms with Crippen molar-refractivity contribution in [2.24, 2.45) is 0 Å². The predicted molar refractivity (Wildman–Crippen MR) is 84.9 cm³/mol. The van der Waals surface area contributed by atoms with Crippen LogP contribution < -0.4 is 14.8 Å². The Morgan fingerprint density at radius 3 is 2.79 bits per heavy atom. The Labute approximate surface area is 137 Å². The first-order valence-corrected chi connectivity index (χ1v) is 6.78. The van der Waals surface area contributed by atoms with Crippen molar-refractivity contribution in [2.75, 3.05) is 19.0 Å². The van der Waals surface area contributed by atoms with E-state index in [1.807, 2.05) is 6.07 Å². The monoisotopic (exact) mass is 327 g/mol. The van der Waals surface area contributed by atoms with Gasteiger partial charge in [-0.05, 0) is 24.3 Å². The van der Waals surface area contributed by atoms with Crippen LogP contribution in [0.3, 0.4) is 0 Å². The molecule has 0 saturated carbocycles. The molecule has 2 rings (SSSR count). The number of carbonyl (C=O) groups excluding carboxylic acids is 1. The van der Waals surface area contributed by atoms with Crippen LogP contribution in [0, 0.1) is 21.4 Å². The molecule has 0 spiro atoms. The zero-order valence-electron chi connectivity index (χ0n) is 12.7. The van der Waals surface area contributed by atoms with Crippen LogP contribution in [-0.2, 0) is 4.79 Å². The Morgan fingerprint density at radius 2 is 2.12 bits per heavy atom. The highest BCUT2D eigenvalue weighted by atomic mass is 16.6. The number of nitro benzene ring substituents is 1. The first-order chi connectivity index (χ1) is 11.5. The van der Waals surface area contributed by atoms with Crippen LogP contribution >= 0.6 is 0 Å². The number of hydrogen-bond acceptors (Lipinski definition) is 6. The molecule has 0 radical (unpaired) electrons. The number of carbonyl (C=O) groups is 1. The average Bonchev–Trinajstić information content (AvgIpc) is 2.60. The van der Waals surface area contributed by atoms with Gasteiger partial charge in [0, 0.05) is 12.1 Å². The topological polar surface area (TPSA) is 114 Å². The minimum Gasteiger partial charge on any atom is -0.495 e. The fourth-order valence-electron chi connectivity index (χ4n) is 1.90. The maximum atomic E-state index is 12.0. The van der Waals surface area contributed by atoms with Crippen LogP contribution in [0.2, 0.25) is 0 Å². The van der Waals surface area contributed by atoms with E-state index in [1.165, 1.54) is 31.4 Å². The second-order valence-corrected chi connectivity index (χ2v) is 4.62. The molecule has 8 nitrogen and oxygen atoms in total. The summed E-state index contributed by atoms with van der Waals surface area (Å²) in [6, 6.07) is 12.2. The number of hydrogen-bond donors (Lipinski definition) is 1. The number of nitro groups is 1. The molecule has 0 atom stereocenters. The molecule has 1 N–H and O–H groups in total. The lowest BCUT2D eigenvalue weighted by atomic mass is 10.2. The Hall–Kier alpha value is -3.60. The summed E-state index contributed by atoms with van der Waals surface area (Å²) >= 11 is 0. The van der Waals surface area contributed by atoms with Crippen LogP contribution in [0.25, 0.3) is 0 Å². The first-order valence-electron chi connectivity index (χ1n) is 6.78. The van der Waals surface area contributed by atoms with Crippen LogP contribution in [0.4, 0.5) is 11.4 Å². The Bertz CT molecular complexity index is 814. The van der Waals surface area contributed by atoms with Gasteiger partial charge in [-0.1, -0.05) is 6.07 Å². The lowest BCUT2D eigenvalue weighted by Crippen LogP contribution is -2.20. The number of benzene rings is 2. The van der Waals surface area contributed by atoms with E-state index in [0.29, 0.717) is 17.1 Å². The van der Waals surface area contributed by atoms with Crippen molar-refractivity contribution in [3.05, 3.63) is 58.1 Å². The Balaban J connectivity index is 2.05. The number of nitriles is 1. The molecule has 24 heavy (non-hydrogen) atoms. The smallest absolute Gasteiger partial charge is 0.271 e. The lowest BCUT2D eigenvalue weighted by molar-refractivity contribution is -0.384. The summed E-state index contributed by atoms with van der Waals surface area (Å²) in [5.74, 6) is 0.145. The molecular formula is C16H13N3O5. The van der Waals surface area contributed by atoms with Crippen molar-refractivity contribution in [3.63, 3.8) is 0 Å². The van der Waals surface area contributed by atoms with E-state index in [9.17, 15) is 14.9 Å². The highest BCUT2D eigenvalue weighted by Crippen LogP contribution is 2.28. The SMILES string of the molecule is COc1ccc([N+](=O)[O-])cc1NC(=O)COc1cccc(C#N)c1. The molecule has 0 aliphatic rings. The molecule has 0 aromatic heterocycles. The van der Waals surface area contributed by atoms with E-state index in [4.69, 9.17) is 14.7 Å². The molecule has 0 aliphatic heterocycles. The summed E-state index contributed by atoms with van der Waals surface area (Å²) in [5, 5.41) is 22.1. The normalized spacial score (nSPS) is 9.67. The fraction of sp³-hybridized carbons (Fsp3) is 0.125. The zero-order valence-corrected chi connectivity index (χ0v) is 12.7. The minimum absolute atomic E-state index is 0.172. The number of rotatable bonds is 6. The number of nitrogens with one attached hydrogen (secondary N) is 1. The quantitative estimate of drug-likeness (QED) is 0.644. The summed E-state index contributed by atoms with van der Waals surface area (Å²) in [6.45, 7) is -0.319. The van der Waals surface area contributed by atoms with Crippen LogP contribution in [0.1, 0.15) is 5.56 Å². The van der Waals surface area contributed by atoms with Gasteiger partial charge in [-0.15, -0.1) is 0 Å². The Kier molecular flexibility index (Phi) is 5.31. The van der Waals surface area contributed by atoms with Crippen molar-refractivity contribution in [2.45, 2.75) is 0 Å². The number of methoxy groups -OCH3 is 1. The fourth-order valence-corrected chi connectivity index (χ4v) is 1.90. The largest absolute Gasteiger partial charge is 0.495 e. The molecule has 0 fully saturated rings. The second kappa shape index (κ2) is 7.60. The summed E-state index contributed by atoms with van der Waals surface area (Å²) in [6.07, 6.45) is 0. The number of non-ortho nitro benzene ring substituents is 1. The van der Waals surface area contributed by atoms with Crippen molar-refractivity contribution in [3.8, 4) is 17.6 Å². The van der Waals surface area contributed by atoms with Gasteiger partial charge in [-0.3, -0.25) is 14.9 Å². The standard InChI is InChI=1S/C16H13N3O5/c1-23-15-6-5-12(19(21)22)8-14(15)18-16(20)10-24-13-4-2-3-11(7-13)9-17/h2-8H,10H2,1H3,(H,18,20). The maximum Gasteiger partial charge on any atom is 0.271 e. The summed E-state index contributed by atoms with van der Waals surface area (Å²) in [7, 11) is 1.39. The number of amides is 1. The third kappa shape index (κ3) is 4.20. The van der Waals surface area contributed by atoms with E-state index in [2.05, 4.69) is 5.32 Å². The highest BCUT2D eigenvalue weighted by molar-refractivity contribution is 5.93. The predicted octanol–water partition coefficient (Wildman–Crippen LogP) is 2.49. The van der Waals surface area contributed by atoms with Crippen molar-refractivity contribution in [1.29, 1.82) is 5.26 Å². The van der Waals surface area contributed by atoms with Crippen LogP contribution in [-0.4, -0.2) is 24.5 Å². The van der Waals surface area contributed by atoms with Crippen molar-refractivity contribution < 1.29 is 19.2 Å². The number of anilines is 1. The molecular weight excluding hydrogens is 314 g/mol.